The Kier molecular flexibility index (Phi) is 3.04. The molecule has 0 unspecified atom stereocenters. The molecule has 2 aromatic rings. The van der Waals surface area contributed by atoms with Crippen LogP contribution in [0.2, 0.25) is 0 Å². The van der Waals surface area contributed by atoms with Crippen LogP contribution >= 0.6 is 0 Å². The van der Waals surface area contributed by atoms with Gasteiger partial charge in [0.25, 0.3) is 0 Å². The summed E-state index contributed by atoms with van der Waals surface area (Å²) in [5.41, 5.74) is 3.16. The number of aryl methyl sites for hydroxylation is 1. The first-order valence-corrected chi connectivity index (χ1v) is 5.62. The minimum absolute atomic E-state index is 0.130. The monoisotopic (exact) mass is 231 g/mol. The lowest BCUT2D eigenvalue weighted by Gasteiger charge is -2.15. The first-order chi connectivity index (χ1) is 8.08. The van der Waals surface area contributed by atoms with Crippen molar-refractivity contribution in [3.8, 4) is 5.75 Å². The molecule has 1 heterocycles. The van der Waals surface area contributed by atoms with Gasteiger partial charge in [-0.05, 0) is 31.5 Å². The van der Waals surface area contributed by atoms with E-state index < -0.39 is 0 Å². The molecule has 0 saturated carbocycles. The van der Waals surface area contributed by atoms with E-state index in [2.05, 4.69) is 17.3 Å². The Balaban J connectivity index is 2.17. The number of rotatable bonds is 3. The maximum Gasteiger partial charge on any atom is 0.115 e. The van der Waals surface area contributed by atoms with Crippen molar-refractivity contribution in [1.82, 2.24) is 9.78 Å². The lowest BCUT2D eigenvalue weighted by molar-refractivity contribution is 0.474. The standard InChI is InChI=1S/C13H17N3O/c1-9(11-5-4-6-12(17)7-11)15-13-8-14-16(3)10(13)2/h4-9,15,17H,1-3H3/t9-/m1/s1. The summed E-state index contributed by atoms with van der Waals surface area (Å²) in [6, 6.07) is 7.40. The van der Waals surface area contributed by atoms with Crippen LogP contribution in [0.5, 0.6) is 5.75 Å². The van der Waals surface area contributed by atoms with Crippen LogP contribution in [0, 0.1) is 6.92 Å². The molecule has 2 rings (SSSR count). The molecule has 1 atom stereocenters. The maximum absolute atomic E-state index is 9.44. The van der Waals surface area contributed by atoms with E-state index in [-0.39, 0.29) is 6.04 Å². The fourth-order valence-corrected chi connectivity index (χ4v) is 1.75. The van der Waals surface area contributed by atoms with E-state index in [1.165, 1.54) is 0 Å². The number of nitrogens with zero attached hydrogens (tertiary/aromatic N) is 2. The van der Waals surface area contributed by atoms with Crippen LogP contribution < -0.4 is 5.32 Å². The average molecular weight is 231 g/mol. The van der Waals surface area contributed by atoms with Crippen molar-refractivity contribution in [1.29, 1.82) is 0 Å². The maximum atomic E-state index is 9.44. The van der Waals surface area contributed by atoms with Crippen molar-refractivity contribution < 1.29 is 5.11 Å². The zero-order valence-corrected chi connectivity index (χ0v) is 10.3. The first kappa shape index (κ1) is 11.5. The van der Waals surface area contributed by atoms with Crippen LogP contribution in [0.25, 0.3) is 0 Å². The predicted molar refractivity (Wildman–Crippen MR) is 68.1 cm³/mol. The molecule has 0 amide bonds. The number of nitrogens with one attached hydrogen (secondary N) is 1. The summed E-state index contributed by atoms with van der Waals surface area (Å²) in [6.45, 7) is 4.08. The molecule has 90 valence electrons. The van der Waals surface area contributed by atoms with Crippen molar-refractivity contribution in [2.75, 3.05) is 5.32 Å². The van der Waals surface area contributed by atoms with Crippen LogP contribution in [0.1, 0.15) is 24.2 Å². The van der Waals surface area contributed by atoms with Gasteiger partial charge in [0.15, 0.2) is 0 Å². The third-order valence-corrected chi connectivity index (χ3v) is 2.98. The first-order valence-electron chi connectivity index (χ1n) is 5.62. The van der Waals surface area contributed by atoms with Crippen molar-refractivity contribution in [2.24, 2.45) is 7.05 Å². The fourth-order valence-electron chi connectivity index (χ4n) is 1.75. The molecule has 1 aromatic heterocycles. The highest BCUT2D eigenvalue weighted by Crippen LogP contribution is 2.23. The lowest BCUT2D eigenvalue weighted by atomic mass is 10.1. The quantitative estimate of drug-likeness (QED) is 0.853. The summed E-state index contributed by atoms with van der Waals surface area (Å²) >= 11 is 0. The van der Waals surface area contributed by atoms with E-state index >= 15 is 0 Å². The van der Waals surface area contributed by atoms with Crippen molar-refractivity contribution >= 4 is 5.69 Å². The van der Waals surface area contributed by atoms with Crippen molar-refractivity contribution in [3.63, 3.8) is 0 Å². The number of phenolic OH excluding ortho intramolecular Hbond substituents is 1. The summed E-state index contributed by atoms with van der Waals surface area (Å²) in [6.07, 6.45) is 1.81. The second-order valence-corrected chi connectivity index (χ2v) is 4.23. The van der Waals surface area contributed by atoms with Gasteiger partial charge in [0, 0.05) is 13.1 Å². The number of aromatic hydroxyl groups is 1. The number of aromatic nitrogens is 2. The van der Waals surface area contributed by atoms with Gasteiger partial charge in [0.1, 0.15) is 5.75 Å². The summed E-state index contributed by atoms with van der Waals surface area (Å²) in [4.78, 5) is 0. The largest absolute Gasteiger partial charge is 0.508 e. The molecular formula is C13H17N3O. The normalized spacial score (nSPS) is 12.4. The van der Waals surface area contributed by atoms with Crippen LogP contribution in [0.4, 0.5) is 5.69 Å². The Morgan fingerprint density at radius 1 is 1.41 bits per heavy atom. The number of hydrogen-bond acceptors (Lipinski definition) is 3. The number of benzene rings is 1. The highest BCUT2D eigenvalue weighted by Gasteiger charge is 2.09. The molecule has 0 aliphatic heterocycles. The van der Waals surface area contributed by atoms with Gasteiger partial charge >= 0.3 is 0 Å². The number of hydrogen-bond donors (Lipinski definition) is 2. The minimum atomic E-state index is 0.130. The van der Waals surface area contributed by atoms with Crippen molar-refractivity contribution in [3.05, 3.63) is 41.7 Å². The topological polar surface area (TPSA) is 50.1 Å². The van der Waals surface area contributed by atoms with E-state index in [0.29, 0.717) is 5.75 Å². The molecule has 0 aliphatic carbocycles. The molecule has 17 heavy (non-hydrogen) atoms. The van der Waals surface area contributed by atoms with Gasteiger partial charge < -0.3 is 10.4 Å². The summed E-state index contributed by atoms with van der Waals surface area (Å²) in [7, 11) is 1.92. The highest BCUT2D eigenvalue weighted by molar-refractivity contribution is 5.48. The lowest BCUT2D eigenvalue weighted by Crippen LogP contribution is -2.07. The van der Waals surface area contributed by atoms with E-state index in [0.717, 1.165) is 16.9 Å². The van der Waals surface area contributed by atoms with Gasteiger partial charge in [0.05, 0.1) is 17.6 Å². The Bertz CT molecular complexity index is 519. The number of phenols is 1. The molecule has 4 nitrogen and oxygen atoms in total. The minimum Gasteiger partial charge on any atom is -0.508 e. The third-order valence-electron chi connectivity index (χ3n) is 2.98. The van der Waals surface area contributed by atoms with E-state index in [1.807, 2.05) is 37.0 Å². The zero-order chi connectivity index (χ0) is 12.4. The zero-order valence-electron chi connectivity index (χ0n) is 10.3. The second-order valence-electron chi connectivity index (χ2n) is 4.23. The van der Waals surface area contributed by atoms with E-state index in [4.69, 9.17) is 0 Å². The van der Waals surface area contributed by atoms with Crippen LogP contribution in [0.3, 0.4) is 0 Å². The Labute approximate surface area is 101 Å². The summed E-state index contributed by atoms with van der Waals surface area (Å²) in [5, 5.41) is 17.0. The SMILES string of the molecule is Cc1c(N[C@H](C)c2cccc(O)c2)cnn1C. The molecule has 0 bridgehead atoms. The molecule has 0 saturated heterocycles. The summed E-state index contributed by atoms with van der Waals surface area (Å²) < 4.78 is 1.83. The van der Waals surface area contributed by atoms with Gasteiger partial charge in [-0.3, -0.25) is 4.68 Å². The second kappa shape index (κ2) is 4.49. The van der Waals surface area contributed by atoms with Gasteiger partial charge in [-0.1, -0.05) is 12.1 Å². The molecule has 0 aliphatic rings. The molecule has 0 spiro atoms. The van der Waals surface area contributed by atoms with E-state index in [1.54, 1.807) is 12.1 Å². The number of anilines is 1. The van der Waals surface area contributed by atoms with Gasteiger partial charge in [0.2, 0.25) is 0 Å². The Hall–Kier alpha value is -1.97. The van der Waals surface area contributed by atoms with Crippen molar-refractivity contribution in [2.45, 2.75) is 19.9 Å². The smallest absolute Gasteiger partial charge is 0.115 e. The average Bonchev–Trinajstić information content (AvgIpc) is 2.61. The molecule has 4 heteroatoms. The molecule has 0 radical (unpaired) electrons. The van der Waals surface area contributed by atoms with Gasteiger partial charge in [-0.2, -0.15) is 5.10 Å². The molecular weight excluding hydrogens is 214 g/mol. The van der Waals surface area contributed by atoms with Crippen LogP contribution in [0.15, 0.2) is 30.5 Å². The van der Waals surface area contributed by atoms with Gasteiger partial charge in [-0.25, -0.2) is 0 Å². The predicted octanol–water partition coefficient (Wildman–Crippen LogP) is 2.61. The fraction of sp³-hybridized carbons (Fsp3) is 0.308. The Morgan fingerprint density at radius 3 is 2.76 bits per heavy atom. The molecule has 2 N–H and O–H groups in total. The highest BCUT2D eigenvalue weighted by atomic mass is 16.3. The van der Waals surface area contributed by atoms with Gasteiger partial charge in [-0.15, -0.1) is 0 Å². The third kappa shape index (κ3) is 2.41. The summed E-state index contributed by atoms with van der Waals surface area (Å²) in [5.74, 6) is 0.291. The molecule has 1 aromatic carbocycles. The van der Waals surface area contributed by atoms with E-state index in [9.17, 15) is 5.11 Å². The Morgan fingerprint density at radius 2 is 2.18 bits per heavy atom. The van der Waals surface area contributed by atoms with Crippen LogP contribution in [-0.4, -0.2) is 14.9 Å². The van der Waals surface area contributed by atoms with Crippen LogP contribution in [-0.2, 0) is 7.05 Å². The molecule has 0 fully saturated rings.